The third kappa shape index (κ3) is 5.29. The van der Waals surface area contributed by atoms with Gasteiger partial charge < -0.3 is 10.2 Å². The van der Waals surface area contributed by atoms with Crippen molar-refractivity contribution in [3.8, 4) is 0 Å². The minimum Gasteiger partial charge on any atom is -0.393 e. The summed E-state index contributed by atoms with van der Waals surface area (Å²) in [6, 6.07) is 3.77. The molecule has 0 spiro atoms. The van der Waals surface area contributed by atoms with Crippen LogP contribution in [0.4, 0.5) is 0 Å². The summed E-state index contributed by atoms with van der Waals surface area (Å²) in [6.45, 7) is 10.3. The Kier molecular flexibility index (Phi) is 8.55. The zero-order chi connectivity index (χ0) is 29.0. The molecular formula is C33H52NO6P. The lowest BCUT2D eigenvalue weighted by Gasteiger charge is -2.64. The molecule has 5 aliphatic rings. The summed E-state index contributed by atoms with van der Waals surface area (Å²) < 4.78 is 30.6. The molecule has 13 atom stereocenters. The number of nitrogens with zero attached hydrogens (tertiary/aromatic N) is 1. The van der Waals surface area contributed by atoms with Gasteiger partial charge in [-0.3, -0.25) is 18.6 Å². The van der Waals surface area contributed by atoms with Gasteiger partial charge in [-0.25, -0.2) is 4.57 Å². The van der Waals surface area contributed by atoms with E-state index < -0.39 is 7.82 Å². The Morgan fingerprint density at radius 1 is 1.05 bits per heavy atom. The Balaban J connectivity index is 1.11. The minimum atomic E-state index is -3.60. The summed E-state index contributed by atoms with van der Waals surface area (Å²) in [5.41, 5.74) is 1.37. The van der Waals surface area contributed by atoms with E-state index in [2.05, 4.69) is 32.7 Å². The number of phosphoric ester groups is 1. The van der Waals surface area contributed by atoms with Crippen LogP contribution >= 0.6 is 7.82 Å². The lowest BCUT2D eigenvalue weighted by molar-refractivity contribution is -0.203. The molecule has 0 radical (unpaired) electrons. The summed E-state index contributed by atoms with van der Waals surface area (Å²) in [5.74, 6) is 3.13. The first-order chi connectivity index (χ1) is 19.6. The summed E-state index contributed by atoms with van der Waals surface area (Å²) in [7, 11) is -3.60. The van der Waals surface area contributed by atoms with E-state index in [-0.39, 0.29) is 35.1 Å². The van der Waals surface area contributed by atoms with E-state index in [1.54, 1.807) is 12.4 Å². The van der Waals surface area contributed by atoms with Gasteiger partial charge in [0, 0.05) is 18.8 Å². The number of aliphatic hydroxyl groups is 2. The van der Waals surface area contributed by atoms with Gasteiger partial charge in [0.15, 0.2) is 0 Å². The molecule has 41 heavy (non-hydrogen) atoms. The van der Waals surface area contributed by atoms with Crippen LogP contribution in [0.25, 0.3) is 0 Å². The quantitative estimate of drug-likeness (QED) is 0.321. The monoisotopic (exact) mass is 589 g/mol. The van der Waals surface area contributed by atoms with Gasteiger partial charge in [-0.05, 0) is 121 Å². The van der Waals surface area contributed by atoms with Crippen LogP contribution in [0.3, 0.4) is 0 Å². The summed E-state index contributed by atoms with van der Waals surface area (Å²) in [5, 5.41) is 22.5. The highest BCUT2D eigenvalue weighted by Gasteiger charge is 2.64. The highest BCUT2D eigenvalue weighted by Crippen LogP contribution is 2.69. The molecule has 1 saturated heterocycles. The molecule has 1 aromatic rings. The third-order valence-electron chi connectivity index (χ3n) is 12.9. The maximum Gasteiger partial charge on any atom is 0.475 e. The van der Waals surface area contributed by atoms with E-state index in [1.807, 2.05) is 12.1 Å². The minimum absolute atomic E-state index is 0.200. The first-order valence-corrected chi connectivity index (χ1v) is 17.9. The molecule has 6 rings (SSSR count). The van der Waals surface area contributed by atoms with Crippen molar-refractivity contribution in [2.45, 2.75) is 110 Å². The Morgan fingerprint density at radius 2 is 1.78 bits per heavy atom. The molecule has 0 aromatic carbocycles. The smallest absolute Gasteiger partial charge is 0.393 e. The summed E-state index contributed by atoms with van der Waals surface area (Å²) in [4.78, 5) is 4.07. The molecule has 230 valence electrons. The maximum atomic E-state index is 13.3. The standard InChI is InChI=1S/C33H52NO6P/c1-5-24-28-20-23(35)8-14-33(28,4)27-9-15-32(3)25(6-7-26(32)30(27)31(24)36)21(2)12-18-38-41(37)39-19-13-29(40-41)22-10-16-34-17-11-22/h10-11,16-17,21,23-31,35-36H,5-9,12-15,18-20H2,1-4H3/t21-,23-,24-,25-,26?,27?,28?,29-,30?,31-,32-,33-,41-/m1/s1. The van der Waals surface area contributed by atoms with Crippen molar-refractivity contribution in [3.63, 3.8) is 0 Å². The number of hydrogen-bond acceptors (Lipinski definition) is 7. The van der Waals surface area contributed by atoms with Crippen molar-refractivity contribution >= 4 is 7.82 Å². The fourth-order valence-corrected chi connectivity index (χ4v) is 12.3. The normalized spacial score (nSPS) is 48.6. The Morgan fingerprint density at radius 3 is 2.54 bits per heavy atom. The molecule has 7 nitrogen and oxygen atoms in total. The number of aliphatic hydroxyl groups excluding tert-OH is 2. The first-order valence-electron chi connectivity index (χ1n) is 16.4. The second-order valence-corrected chi connectivity index (χ2v) is 16.3. The van der Waals surface area contributed by atoms with Gasteiger partial charge >= 0.3 is 7.82 Å². The largest absolute Gasteiger partial charge is 0.475 e. The van der Waals surface area contributed by atoms with Gasteiger partial charge in [0.25, 0.3) is 0 Å². The molecule has 4 aliphatic carbocycles. The van der Waals surface area contributed by atoms with Crippen LogP contribution in [0.2, 0.25) is 0 Å². The van der Waals surface area contributed by atoms with Crippen LogP contribution in [0.15, 0.2) is 24.5 Å². The van der Waals surface area contributed by atoms with Crippen molar-refractivity contribution in [3.05, 3.63) is 30.1 Å². The molecule has 2 heterocycles. The van der Waals surface area contributed by atoms with E-state index in [0.29, 0.717) is 55.1 Å². The zero-order valence-electron chi connectivity index (χ0n) is 25.5. The van der Waals surface area contributed by atoms with Crippen LogP contribution in [0.1, 0.15) is 104 Å². The predicted octanol–water partition coefficient (Wildman–Crippen LogP) is 7.34. The van der Waals surface area contributed by atoms with Crippen LogP contribution in [0, 0.1) is 52.3 Å². The maximum absolute atomic E-state index is 13.3. The van der Waals surface area contributed by atoms with Gasteiger partial charge in [-0.2, -0.15) is 0 Å². The van der Waals surface area contributed by atoms with E-state index in [9.17, 15) is 14.8 Å². The number of fused-ring (bicyclic) bond motifs is 5. The lowest BCUT2D eigenvalue weighted by Crippen LogP contribution is -2.62. The average Bonchev–Trinajstić information content (AvgIpc) is 3.32. The molecule has 4 unspecified atom stereocenters. The lowest BCUT2D eigenvalue weighted by atomic mass is 9.41. The second-order valence-electron chi connectivity index (χ2n) is 14.7. The SMILES string of the molecule is CC[C@@H]1C2C[C@H](O)CC[C@]2(C)C2CC[C@@]3(C)C(CC[C@@H]3[C@H](C)CCO[P@]3(=O)OCC[C@H](c4ccncc4)O3)C2[C@@H]1O. The van der Waals surface area contributed by atoms with Gasteiger partial charge in [-0.15, -0.1) is 0 Å². The van der Waals surface area contributed by atoms with E-state index in [0.717, 1.165) is 37.7 Å². The number of rotatable bonds is 7. The molecule has 1 aromatic heterocycles. The number of phosphoric acid groups is 1. The van der Waals surface area contributed by atoms with Crippen molar-refractivity contribution in [1.82, 2.24) is 4.98 Å². The Bertz CT molecular complexity index is 1100. The molecule has 8 heteroatoms. The first kappa shape index (κ1) is 30.2. The fourth-order valence-electron chi connectivity index (χ4n) is 10.9. The Hall–Kier alpha value is -0.820. The van der Waals surface area contributed by atoms with Gasteiger partial charge in [0.2, 0.25) is 0 Å². The summed E-state index contributed by atoms with van der Waals surface area (Å²) in [6.07, 6.45) is 12.7. The van der Waals surface area contributed by atoms with Crippen LogP contribution in [-0.4, -0.2) is 40.6 Å². The van der Waals surface area contributed by atoms with Gasteiger partial charge in [0.05, 0.1) is 31.5 Å². The van der Waals surface area contributed by atoms with Gasteiger partial charge in [0.1, 0.15) is 0 Å². The molecule has 1 aliphatic heterocycles. The molecule has 2 N–H and O–H groups in total. The topological polar surface area (TPSA) is 98.1 Å². The van der Waals surface area contributed by atoms with E-state index >= 15 is 0 Å². The van der Waals surface area contributed by atoms with Crippen molar-refractivity contribution in [1.29, 1.82) is 0 Å². The molecular weight excluding hydrogens is 537 g/mol. The number of hydrogen-bond donors (Lipinski definition) is 2. The Labute approximate surface area is 246 Å². The predicted molar refractivity (Wildman–Crippen MR) is 158 cm³/mol. The van der Waals surface area contributed by atoms with E-state index in [1.165, 1.54) is 25.7 Å². The zero-order valence-corrected chi connectivity index (χ0v) is 26.4. The van der Waals surface area contributed by atoms with Gasteiger partial charge in [-0.1, -0.05) is 34.1 Å². The van der Waals surface area contributed by atoms with E-state index in [4.69, 9.17) is 13.6 Å². The molecule has 0 bridgehead atoms. The highest BCUT2D eigenvalue weighted by molar-refractivity contribution is 7.48. The number of pyridine rings is 1. The highest BCUT2D eigenvalue weighted by atomic mass is 31.2. The number of aromatic nitrogens is 1. The van der Waals surface area contributed by atoms with Crippen LogP contribution in [-0.2, 0) is 18.1 Å². The van der Waals surface area contributed by atoms with Crippen molar-refractivity contribution in [2.75, 3.05) is 13.2 Å². The third-order valence-corrected chi connectivity index (χ3v) is 14.4. The van der Waals surface area contributed by atoms with Crippen LogP contribution < -0.4 is 0 Å². The summed E-state index contributed by atoms with van der Waals surface area (Å²) >= 11 is 0. The van der Waals surface area contributed by atoms with Crippen molar-refractivity contribution in [2.24, 2.45) is 52.3 Å². The van der Waals surface area contributed by atoms with Crippen LogP contribution in [0.5, 0.6) is 0 Å². The molecule has 0 amide bonds. The average molecular weight is 590 g/mol. The molecule has 5 fully saturated rings. The second kappa shape index (κ2) is 11.6. The van der Waals surface area contributed by atoms with Crippen molar-refractivity contribution < 1.29 is 28.3 Å². The fraction of sp³-hybridized carbons (Fsp3) is 0.848. The molecule has 4 saturated carbocycles.